The summed E-state index contributed by atoms with van der Waals surface area (Å²) in [5.41, 5.74) is 1.04. The van der Waals surface area contributed by atoms with Crippen LogP contribution in [0.4, 0.5) is 0 Å². The van der Waals surface area contributed by atoms with Gasteiger partial charge in [0.2, 0.25) is 0 Å². The van der Waals surface area contributed by atoms with Crippen LogP contribution in [0.2, 0.25) is 0 Å². The molecule has 0 amide bonds. The van der Waals surface area contributed by atoms with Gasteiger partial charge in [-0.15, -0.1) is 0 Å². The molecule has 0 aromatic rings. The predicted octanol–water partition coefficient (Wildman–Crippen LogP) is 4.74. The third-order valence-electron chi connectivity index (χ3n) is 5.80. The van der Waals surface area contributed by atoms with Crippen molar-refractivity contribution in [2.45, 2.75) is 61.3 Å². The second-order valence-electron chi connectivity index (χ2n) is 6.45. The summed E-state index contributed by atoms with van der Waals surface area (Å²) >= 11 is 0. The molecular formula is C14H28. The summed E-state index contributed by atoms with van der Waals surface area (Å²) in [5.74, 6) is 2.62. The molecule has 0 N–H and O–H groups in total. The molecule has 0 heterocycles. The van der Waals surface area contributed by atoms with Gasteiger partial charge in [-0.3, -0.25) is 0 Å². The predicted molar refractivity (Wildman–Crippen MR) is 64.3 cm³/mol. The van der Waals surface area contributed by atoms with E-state index in [4.69, 9.17) is 0 Å². The molecule has 0 aromatic heterocycles. The molecule has 3 unspecified atom stereocenters. The molecule has 1 rings (SSSR count). The molecule has 1 aliphatic carbocycles. The lowest BCUT2D eigenvalue weighted by atomic mass is 9.61. The summed E-state index contributed by atoms with van der Waals surface area (Å²) in [4.78, 5) is 0. The Morgan fingerprint density at radius 3 is 1.93 bits per heavy atom. The van der Waals surface area contributed by atoms with Crippen LogP contribution in [0.5, 0.6) is 0 Å². The summed E-state index contributed by atoms with van der Waals surface area (Å²) < 4.78 is 0. The summed E-state index contributed by atoms with van der Waals surface area (Å²) in [6.07, 6.45) is 2.78. The van der Waals surface area contributed by atoms with Gasteiger partial charge in [0.1, 0.15) is 0 Å². The molecule has 0 spiro atoms. The van der Waals surface area contributed by atoms with Crippen LogP contribution in [0.15, 0.2) is 0 Å². The lowest BCUT2D eigenvalue weighted by Gasteiger charge is -2.44. The van der Waals surface area contributed by atoms with Crippen LogP contribution >= 0.6 is 0 Å². The van der Waals surface area contributed by atoms with E-state index in [9.17, 15) is 0 Å². The maximum Gasteiger partial charge on any atom is -0.0246 e. The Bertz CT molecular complexity index is 202. The molecule has 84 valence electrons. The van der Waals surface area contributed by atoms with Gasteiger partial charge >= 0.3 is 0 Å². The van der Waals surface area contributed by atoms with Crippen LogP contribution in [-0.4, -0.2) is 0 Å². The van der Waals surface area contributed by atoms with Gasteiger partial charge in [-0.05, 0) is 35.0 Å². The third kappa shape index (κ3) is 1.42. The lowest BCUT2D eigenvalue weighted by Crippen LogP contribution is -2.37. The van der Waals surface area contributed by atoms with Crippen LogP contribution in [0, 0.1) is 28.6 Å². The highest BCUT2D eigenvalue weighted by atomic mass is 14.6. The normalized spacial score (nSPS) is 42.0. The number of hydrogen-bond donors (Lipinski definition) is 0. The number of rotatable bonds is 2. The van der Waals surface area contributed by atoms with E-state index in [1.807, 2.05) is 0 Å². The Kier molecular flexibility index (Phi) is 3.05. The van der Waals surface area contributed by atoms with Crippen molar-refractivity contribution in [2.24, 2.45) is 28.6 Å². The van der Waals surface area contributed by atoms with Gasteiger partial charge in [0.15, 0.2) is 0 Å². The topological polar surface area (TPSA) is 0 Å². The van der Waals surface area contributed by atoms with Gasteiger partial charge in [-0.1, -0.05) is 54.9 Å². The fourth-order valence-corrected chi connectivity index (χ4v) is 3.57. The van der Waals surface area contributed by atoms with Gasteiger partial charge in [-0.2, -0.15) is 0 Å². The molecule has 0 aliphatic heterocycles. The molecule has 0 radical (unpaired) electrons. The first-order valence-electron chi connectivity index (χ1n) is 6.27. The summed E-state index contributed by atoms with van der Waals surface area (Å²) in [7, 11) is 0. The van der Waals surface area contributed by atoms with Gasteiger partial charge < -0.3 is 0 Å². The maximum atomic E-state index is 2.50. The summed E-state index contributed by atoms with van der Waals surface area (Å²) in [5, 5.41) is 0. The van der Waals surface area contributed by atoms with Crippen molar-refractivity contribution >= 4 is 0 Å². The van der Waals surface area contributed by atoms with E-state index in [-0.39, 0.29) is 0 Å². The molecule has 0 heteroatoms. The summed E-state index contributed by atoms with van der Waals surface area (Å²) in [6, 6.07) is 0. The quantitative estimate of drug-likeness (QED) is 0.598. The van der Waals surface area contributed by atoms with Crippen LogP contribution < -0.4 is 0 Å². The van der Waals surface area contributed by atoms with E-state index in [0.29, 0.717) is 10.8 Å². The van der Waals surface area contributed by atoms with Gasteiger partial charge in [0.05, 0.1) is 0 Å². The maximum absolute atomic E-state index is 2.50. The SMILES string of the molecule is CCC1CC(C)(C(C)C)C(C)(C)C1C. The first-order chi connectivity index (χ1) is 6.27. The minimum absolute atomic E-state index is 0.502. The minimum Gasteiger partial charge on any atom is -0.0651 e. The highest BCUT2D eigenvalue weighted by Gasteiger charge is 2.54. The summed E-state index contributed by atoms with van der Waals surface area (Å²) in [6.45, 7) is 17.1. The van der Waals surface area contributed by atoms with Gasteiger partial charge in [0.25, 0.3) is 0 Å². The molecule has 0 bridgehead atoms. The van der Waals surface area contributed by atoms with E-state index in [1.165, 1.54) is 12.8 Å². The zero-order valence-electron chi connectivity index (χ0n) is 11.1. The molecule has 0 aromatic carbocycles. The molecule has 1 saturated carbocycles. The van der Waals surface area contributed by atoms with E-state index >= 15 is 0 Å². The first kappa shape index (κ1) is 12.1. The Hall–Kier alpha value is 0. The van der Waals surface area contributed by atoms with Crippen molar-refractivity contribution in [2.75, 3.05) is 0 Å². The molecule has 0 saturated heterocycles. The second kappa shape index (κ2) is 3.54. The Morgan fingerprint density at radius 2 is 1.71 bits per heavy atom. The fraction of sp³-hybridized carbons (Fsp3) is 1.00. The minimum atomic E-state index is 0.502. The van der Waals surface area contributed by atoms with Crippen molar-refractivity contribution in [1.82, 2.24) is 0 Å². The van der Waals surface area contributed by atoms with Crippen LogP contribution in [-0.2, 0) is 0 Å². The Morgan fingerprint density at radius 1 is 1.21 bits per heavy atom. The van der Waals surface area contributed by atoms with Crippen molar-refractivity contribution in [3.05, 3.63) is 0 Å². The van der Waals surface area contributed by atoms with Crippen molar-refractivity contribution in [1.29, 1.82) is 0 Å². The van der Waals surface area contributed by atoms with Gasteiger partial charge in [0, 0.05) is 0 Å². The third-order valence-corrected chi connectivity index (χ3v) is 5.80. The Labute approximate surface area is 90.5 Å². The van der Waals surface area contributed by atoms with Crippen molar-refractivity contribution < 1.29 is 0 Å². The molecule has 14 heavy (non-hydrogen) atoms. The van der Waals surface area contributed by atoms with E-state index in [0.717, 1.165) is 17.8 Å². The van der Waals surface area contributed by atoms with E-state index in [2.05, 4.69) is 48.5 Å². The first-order valence-corrected chi connectivity index (χ1v) is 6.27. The van der Waals surface area contributed by atoms with E-state index < -0.39 is 0 Å². The Balaban J connectivity index is 3.01. The molecule has 0 nitrogen and oxygen atoms in total. The second-order valence-corrected chi connectivity index (χ2v) is 6.45. The van der Waals surface area contributed by atoms with Crippen molar-refractivity contribution in [3.63, 3.8) is 0 Å². The molecule has 1 aliphatic rings. The highest BCUT2D eigenvalue weighted by molar-refractivity contribution is 5.03. The molecule has 3 atom stereocenters. The monoisotopic (exact) mass is 196 g/mol. The molecular weight excluding hydrogens is 168 g/mol. The molecule has 1 fully saturated rings. The fourth-order valence-electron chi connectivity index (χ4n) is 3.57. The highest BCUT2D eigenvalue weighted by Crippen LogP contribution is 2.62. The smallest absolute Gasteiger partial charge is 0.0246 e. The average molecular weight is 196 g/mol. The zero-order valence-corrected chi connectivity index (χ0v) is 11.1. The van der Waals surface area contributed by atoms with Crippen molar-refractivity contribution in [3.8, 4) is 0 Å². The lowest BCUT2D eigenvalue weighted by molar-refractivity contribution is 0.0460. The zero-order chi connectivity index (χ0) is 11.1. The standard InChI is InChI=1S/C14H28/c1-8-12-9-14(7,10(2)3)13(5,6)11(12)4/h10-12H,8-9H2,1-7H3. The van der Waals surface area contributed by atoms with Gasteiger partial charge in [-0.25, -0.2) is 0 Å². The van der Waals surface area contributed by atoms with Crippen LogP contribution in [0.1, 0.15) is 61.3 Å². The van der Waals surface area contributed by atoms with E-state index in [1.54, 1.807) is 0 Å². The number of hydrogen-bond acceptors (Lipinski definition) is 0. The average Bonchev–Trinajstić information content (AvgIpc) is 2.27. The van der Waals surface area contributed by atoms with Crippen LogP contribution in [0.3, 0.4) is 0 Å². The van der Waals surface area contributed by atoms with Crippen LogP contribution in [0.25, 0.3) is 0 Å². The largest absolute Gasteiger partial charge is 0.0651 e.